The van der Waals surface area contributed by atoms with Gasteiger partial charge in [0.2, 0.25) is 23.6 Å². The summed E-state index contributed by atoms with van der Waals surface area (Å²) in [5.74, 6) is -1.20. The fraction of sp³-hybridized carbons (Fsp3) is 0.750. The van der Waals surface area contributed by atoms with Gasteiger partial charge in [0.25, 0.3) is 0 Å². The maximum absolute atomic E-state index is 14.4. The van der Waals surface area contributed by atoms with E-state index in [-0.39, 0.29) is 59.9 Å². The number of ether oxygens (including phenoxy) is 2. The van der Waals surface area contributed by atoms with E-state index in [0.717, 1.165) is 19.3 Å². The van der Waals surface area contributed by atoms with E-state index in [2.05, 4.69) is 22.9 Å². The molecule has 52 heavy (non-hydrogen) atoms. The SMILES string of the molecule is CC[C@H](C)[C@@H]([C@@H](CC(=O)N1[C@H]2C[C@H]2C[C@H]1[C@H](OC)[C@@H](C)C(=O)N[C@H](C)[C@@H](O)c1ccccc1)OC)N(C)C(=O)[C@@H](NC(=O)[C@@H](NC)C(C)C)C(C)C. The van der Waals surface area contributed by atoms with Crippen molar-refractivity contribution < 1.29 is 33.8 Å². The van der Waals surface area contributed by atoms with Crippen molar-refractivity contribution in [1.29, 1.82) is 0 Å². The summed E-state index contributed by atoms with van der Waals surface area (Å²) in [6.45, 7) is 15.4. The van der Waals surface area contributed by atoms with Gasteiger partial charge in [0.15, 0.2) is 0 Å². The zero-order valence-corrected chi connectivity index (χ0v) is 33.6. The lowest BCUT2D eigenvalue weighted by Gasteiger charge is -2.41. The third-order valence-electron chi connectivity index (χ3n) is 11.5. The number of benzene rings is 1. The molecule has 1 saturated carbocycles. The van der Waals surface area contributed by atoms with Crippen LogP contribution in [0.15, 0.2) is 30.3 Å². The Morgan fingerprint density at radius 2 is 1.52 bits per heavy atom. The summed E-state index contributed by atoms with van der Waals surface area (Å²) in [7, 11) is 6.62. The van der Waals surface area contributed by atoms with E-state index in [1.54, 1.807) is 47.1 Å². The molecule has 12 heteroatoms. The van der Waals surface area contributed by atoms with Crippen LogP contribution in [0.4, 0.5) is 0 Å². The first-order chi connectivity index (χ1) is 24.5. The van der Waals surface area contributed by atoms with Gasteiger partial charge < -0.3 is 40.3 Å². The Labute approximate surface area is 312 Å². The van der Waals surface area contributed by atoms with Gasteiger partial charge >= 0.3 is 0 Å². The molecule has 1 heterocycles. The Morgan fingerprint density at radius 3 is 2.04 bits per heavy atom. The highest BCUT2D eigenvalue weighted by molar-refractivity contribution is 5.90. The molecule has 1 aromatic carbocycles. The summed E-state index contributed by atoms with van der Waals surface area (Å²) < 4.78 is 12.0. The van der Waals surface area contributed by atoms with Crippen molar-refractivity contribution >= 4 is 23.6 Å². The lowest BCUT2D eigenvalue weighted by Crippen LogP contribution is -2.59. The van der Waals surface area contributed by atoms with Crippen molar-refractivity contribution in [2.75, 3.05) is 28.3 Å². The smallest absolute Gasteiger partial charge is 0.245 e. The van der Waals surface area contributed by atoms with Crippen LogP contribution in [-0.2, 0) is 28.7 Å². The van der Waals surface area contributed by atoms with Crippen LogP contribution < -0.4 is 16.0 Å². The molecule has 1 saturated heterocycles. The molecular formula is C40H67N5O7. The van der Waals surface area contributed by atoms with Crippen LogP contribution in [0.5, 0.6) is 0 Å². The van der Waals surface area contributed by atoms with E-state index in [4.69, 9.17) is 9.47 Å². The van der Waals surface area contributed by atoms with Crippen LogP contribution in [0.2, 0.25) is 0 Å². The highest BCUT2D eigenvalue weighted by Gasteiger charge is 2.57. The van der Waals surface area contributed by atoms with Gasteiger partial charge in [-0.15, -0.1) is 0 Å². The van der Waals surface area contributed by atoms with Crippen molar-refractivity contribution in [2.24, 2.45) is 29.6 Å². The quantitative estimate of drug-likeness (QED) is 0.159. The number of aliphatic hydroxyl groups excluding tert-OH is 1. The van der Waals surface area contributed by atoms with E-state index in [1.165, 1.54) is 0 Å². The first-order valence-electron chi connectivity index (χ1n) is 19.2. The van der Waals surface area contributed by atoms with Gasteiger partial charge in [0.05, 0.1) is 54.8 Å². The molecule has 2 fully saturated rings. The fourth-order valence-corrected chi connectivity index (χ4v) is 8.13. The molecule has 1 aliphatic heterocycles. The van der Waals surface area contributed by atoms with Gasteiger partial charge in [-0.25, -0.2) is 0 Å². The topological polar surface area (TPSA) is 150 Å². The number of likely N-dealkylation sites (tertiary alicyclic amines) is 1. The molecule has 0 radical (unpaired) electrons. The van der Waals surface area contributed by atoms with Gasteiger partial charge in [-0.05, 0) is 56.0 Å². The Kier molecular flexibility index (Phi) is 16.1. The van der Waals surface area contributed by atoms with Crippen LogP contribution >= 0.6 is 0 Å². The van der Waals surface area contributed by atoms with Crippen molar-refractivity contribution in [3.05, 3.63) is 35.9 Å². The van der Waals surface area contributed by atoms with E-state index in [1.807, 2.05) is 69.9 Å². The Morgan fingerprint density at radius 1 is 0.904 bits per heavy atom. The number of aliphatic hydroxyl groups is 1. The molecule has 0 aromatic heterocycles. The lowest BCUT2D eigenvalue weighted by molar-refractivity contribution is -0.148. The molecule has 1 aliphatic carbocycles. The molecule has 2 aliphatic rings. The van der Waals surface area contributed by atoms with Crippen molar-refractivity contribution in [3.8, 4) is 0 Å². The third kappa shape index (κ3) is 10.1. The first kappa shape index (κ1) is 43.3. The number of likely N-dealkylation sites (N-methyl/N-ethyl adjacent to an activating group) is 2. The highest BCUT2D eigenvalue weighted by Crippen LogP contribution is 2.50. The number of rotatable bonds is 20. The van der Waals surface area contributed by atoms with E-state index in [9.17, 15) is 24.3 Å². The van der Waals surface area contributed by atoms with Gasteiger partial charge in [0.1, 0.15) is 6.04 Å². The second kappa shape index (κ2) is 19.3. The zero-order chi connectivity index (χ0) is 39.0. The first-order valence-corrected chi connectivity index (χ1v) is 19.2. The summed E-state index contributed by atoms with van der Waals surface area (Å²) in [4.78, 5) is 58.9. The molecular weight excluding hydrogens is 662 g/mol. The van der Waals surface area contributed by atoms with E-state index < -0.39 is 48.4 Å². The predicted octanol–water partition coefficient (Wildman–Crippen LogP) is 3.53. The molecule has 12 nitrogen and oxygen atoms in total. The number of piperidine rings is 1. The average Bonchev–Trinajstić information content (AvgIpc) is 3.78. The van der Waals surface area contributed by atoms with Crippen LogP contribution in [-0.4, -0.2) is 115 Å². The molecule has 4 N–H and O–H groups in total. The average molecular weight is 730 g/mol. The highest BCUT2D eigenvalue weighted by atomic mass is 16.5. The molecule has 4 amide bonds. The number of hydrogen-bond donors (Lipinski definition) is 4. The Bertz CT molecular complexity index is 1330. The van der Waals surface area contributed by atoms with Crippen LogP contribution in [0.1, 0.15) is 92.7 Å². The Hall–Kier alpha value is -3.06. The van der Waals surface area contributed by atoms with Gasteiger partial charge in [-0.3, -0.25) is 19.2 Å². The number of fused-ring (bicyclic) bond motifs is 1. The summed E-state index contributed by atoms with van der Waals surface area (Å²) in [6, 6.07) is 6.81. The largest absolute Gasteiger partial charge is 0.386 e. The second-order valence-corrected chi connectivity index (χ2v) is 15.9. The number of nitrogens with one attached hydrogen (secondary N) is 3. The monoisotopic (exact) mass is 730 g/mol. The van der Waals surface area contributed by atoms with Crippen molar-refractivity contribution in [2.45, 2.75) is 136 Å². The molecule has 0 bridgehead atoms. The van der Waals surface area contributed by atoms with Gasteiger partial charge in [0, 0.05) is 27.3 Å². The van der Waals surface area contributed by atoms with Crippen LogP contribution in [0.3, 0.4) is 0 Å². The standard InChI is InChI=1S/C40H67N5O7/c1-13-24(6)35(44(10)40(50)34(23(4)5)43-39(49)33(41-9)22(2)3)31(51-11)21-32(46)45-29-19-28(29)20-30(45)37(52-12)25(7)38(48)42-26(8)36(47)27-17-15-14-16-18-27/h14-18,22-26,28-31,33-37,41,47H,13,19-21H2,1-12H3,(H,42,48)(H,43,49)/t24-,25+,26+,28-,29-,30-,31+,33-,34-,35-,36+,37+/m0/s1. The predicted molar refractivity (Wildman–Crippen MR) is 202 cm³/mol. The maximum atomic E-state index is 14.4. The minimum Gasteiger partial charge on any atom is -0.386 e. The number of hydrogen-bond acceptors (Lipinski definition) is 8. The third-order valence-corrected chi connectivity index (χ3v) is 11.5. The summed E-state index contributed by atoms with van der Waals surface area (Å²) >= 11 is 0. The zero-order valence-electron chi connectivity index (χ0n) is 33.6. The van der Waals surface area contributed by atoms with Crippen LogP contribution in [0, 0.1) is 29.6 Å². The molecule has 0 unspecified atom stereocenters. The van der Waals surface area contributed by atoms with Crippen LogP contribution in [0.25, 0.3) is 0 Å². The van der Waals surface area contributed by atoms with Gasteiger partial charge in [-0.1, -0.05) is 85.2 Å². The molecule has 1 aromatic rings. The normalized spacial score (nSPS) is 23.4. The number of amides is 4. The number of carbonyl (C=O) groups excluding carboxylic acids is 4. The number of carbonyl (C=O) groups is 4. The summed E-state index contributed by atoms with van der Waals surface area (Å²) in [5.41, 5.74) is 0.715. The summed E-state index contributed by atoms with van der Waals surface area (Å²) in [6.07, 6.45) is 0.397. The van der Waals surface area contributed by atoms with Crippen molar-refractivity contribution in [1.82, 2.24) is 25.8 Å². The fourth-order valence-electron chi connectivity index (χ4n) is 8.13. The lowest BCUT2D eigenvalue weighted by atomic mass is 9.89. The van der Waals surface area contributed by atoms with E-state index in [0.29, 0.717) is 11.5 Å². The minimum atomic E-state index is -0.873. The molecule has 12 atom stereocenters. The molecule has 294 valence electrons. The number of methoxy groups -OCH3 is 2. The van der Waals surface area contributed by atoms with Gasteiger partial charge in [-0.2, -0.15) is 0 Å². The number of nitrogens with zero attached hydrogens (tertiary/aromatic N) is 2. The summed E-state index contributed by atoms with van der Waals surface area (Å²) in [5, 5.41) is 19.9. The second-order valence-electron chi connectivity index (χ2n) is 15.9. The maximum Gasteiger partial charge on any atom is 0.245 e. The van der Waals surface area contributed by atoms with E-state index >= 15 is 0 Å². The molecule has 0 spiro atoms. The Balaban J connectivity index is 1.78. The molecule has 3 rings (SSSR count). The minimum absolute atomic E-state index is 0.0114. The van der Waals surface area contributed by atoms with Crippen molar-refractivity contribution in [3.63, 3.8) is 0 Å².